The maximum absolute atomic E-state index is 12.9. The number of hydrogen-bond acceptors (Lipinski definition) is 5. The molecule has 0 spiro atoms. The molecule has 9 nitrogen and oxygen atoms in total. The van der Waals surface area contributed by atoms with Crippen LogP contribution in [0, 0.1) is 0 Å². The Labute approximate surface area is 184 Å². The fourth-order valence-corrected chi connectivity index (χ4v) is 3.44. The molecule has 1 unspecified atom stereocenters. The first kappa shape index (κ1) is 21.8. The normalized spacial score (nSPS) is 16.6. The van der Waals surface area contributed by atoms with Crippen molar-refractivity contribution in [2.75, 3.05) is 11.9 Å². The Bertz CT molecular complexity index is 1160. The molecule has 1 aliphatic rings. The second-order valence-electron chi connectivity index (χ2n) is 7.21. The summed E-state index contributed by atoms with van der Waals surface area (Å²) in [5.41, 5.74) is -0.176. The number of fused-ring (bicyclic) bond motifs is 1. The number of aromatic nitrogens is 5. The molecule has 168 valence electrons. The van der Waals surface area contributed by atoms with Gasteiger partial charge in [-0.05, 0) is 24.1 Å². The summed E-state index contributed by atoms with van der Waals surface area (Å²) in [6.45, 7) is 0.385. The largest absolute Gasteiger partial charge is 0.435 e. The quantitative estimate of drug-likeness (QED) is 0.635. The van der Waals surface area contributed by atoms with Gasteiger partial charge in [-0.3, -0.25) is 14.5 Å². The van der Waals surface area contributed by atoms with Crippen molar-refractivity contribution in [2.45, 2.75) is 31.7 Å². The Morgan fingerprint density at radius 1 is 1.25 bits per heavy atom. The second-order valence-corrected chi connectivity index (χ2v) is 7.65. The standard InChI is InChI=1S/C19H17ClF3N7O2/c1-28-15-8-14(19(21,22)23)26-30(15)7-6-13(18(28)32)25-17(31)16-24-10-29(27-16)9-11-2-4-12(20)5-3-11/h2-5,8,10,13H,6-7,9H2,1H3,(H,25,31). The number of alkyl halides is 3. The predicted octanol–water partition coefficient (Wildman–Crippen LogP) is 2.36. The van der Waals surface area contributed by atoms with Crippen LogP contribution in [0.2, 0.25) is 5.02 Å². The van der Waals surface area contributed by atoms with Gasteiger partial charge in [-0.1, -0.05) is 23.7 Å². The van der Waals surface area contributed by atoms with Crippen LogP contribution >= 0.6 is 11.6 Å². The number of rotatable bonds is 4. The van der Waals surface area contributed by atoms with Gasteiger partial charge >= 0.3 is 6.18 Å². The first-order valence-corrected chi connectivity index (χ1v) is 9.87. The molecule has 0 bridgehead atoms. The number of carbonyl (C=O) groups is 2. The molecule has 2 aromatic heterocycles. The molecule has 0 saturated carbocycles. The highest BCUT2D eigenvalue weighted by Gasteiger charge is 2.38. The van der Waals surface area contributed by atoms with E-state index < -0.39 is 29.7 Å². The first-order valence-electron chi connectivity index (χ1n) is 9.49. The van der Waals surface area contributed by atoms with Gasteiger partial charge < -0.3 is 5.32 Å². The number of likely N-dealkylation sites (N-methyl/N-ethyl adjacent to an activating group) is 1. The lowest BCUT2D eigenvalue weighted by molar-refractivity contribution is -0.141. The van der Waals surface area contributed by atoms with Crippen LogP contribution in [-0.2, 0) is 24.1 Å². The third kappa shape index (κ3) is 4.44. The number of carbonyl (C=O) groups excluding carboxylic acids is 2. The number of hydrogen-bond donors (Lipinski definition) is 1. The maximum Gasteiger partial charge on any atom is 0.435 e. The summed E-state index contributed by atoms with van der Waals surface area (Å²) < 4.78 is 41.4. The van der Waals surface area contributed by atoms with Crippen LogP contribution in [0.5, 0.6) is 0 Å². The summed E-state index contributed by atoms with van der Waals surface area (Å²) in [7, 11) is 1.33. The summed E-state index contributed by atoms with van der Waals surface area (Å²) in [6, 6.07) is 6.94. The Kier molecular flexibility index (Phi) is 5.63. The molecule has 32 heavy (non-hydrogen) atoms. The minimum absolute atomic E-state index is 0.00411. The van der Waals surface area contributed by atoms with Crippen LogP contribution in [0.3, 0.4) is 0 Å². The molecule has 1 N–H and O–H groups in total. The highest BCUT2D eigenvalue weighted by atomic mass is 35.5. The van der Waals surface area contributed by atoms with Crippen molar-refractivity contribution in [3.63, 3.8) is 0 Å². The van der Waals surface area contributed by atoms with E-state index in [1.54, 1.807) is 12.1 Å². The third-order valence-corrected chi connectivity index (χ3v) is 5.21. The fraction of sp³-hybridized carbons (Fsp3) is 0.316. The van der Waals surface area contributed by atoms with Gasteiger partial charge in [0.25, 0.3) is 11.8 Å². The molecule has 0 fully saturated rings. The summed E-state index contributed by atoms with van der Waals surface area (Å²) in [4.78, 5) is 30.3. The van der Waals surface area contributed by atoms with E-state index in [2.05, 4.69) is 20.5 Å². The molecule has 0 radical (unpaired) electrons. The number of benzene rings is 1. The molecular weight excluding hydrogens is 451 g/mol. The summed E-state index contributed by atoms with van der Waals surface area (Å²) in [5, 5.41) is 10.8. The Morgan fingerprint density at radius 3 is 2.66 bits per heavy atom. The molecule has 13 heteroatoms. The van der Waals surface area contributed by atoms with Crippen LogP contribution < -0.4 is 10.2 Å². The molecule has 1 atom stereocenters. The van der Waals surface area contributed by atoms with Gasteiger partial charge in [-0.15, -0.1) is 5.10 Å². The van der Waals surface area contributed by atoms with E-state index in [0.717, 1.165) is 21.2 Å². The van der Waals surface area contributed by atoms with E-state index in [0.29, 0.717) is 11.6 Å². The van der Waals surface area contributed by atoms with Crippen LogP contribution in [0.25, 0.3) is 0 Å². The van der Waals surface area contributed by atoms with Crippen LogP contribution in [0.1, 0.15) is 28.3 Å². The van der Waals surface area contributed by atoms with Crippen LogP contribution in [0.4, 0.5) is 19.0 Å². The Balaban J connectivity index is 1.43. The molecule has 4 rings (SSSR count). The minimum Gasteiger partial charge on any atom is -0.337 e. The van der Waals surface area contributed by atoms with Gasteiger partial charge in [0.05, 0.1) is 6.54 Å². The highest BCUT2D eigenvalue weighted by molar-refractivity contribution is 6.30. The first-order chi connectivity index (χ1) is 15.1. The van der Waals surface area contributed by atoms with Gasteiger partial charge in [0, 0.05) is 24.7 Å². The number of aryl methyl sites for hydroxylation is 1. The Morgan fingerprint density at radius 2 is 1.97 bits per heavy atom. The van der Waals surface area contributed by atoms with Gasteiger partial charge in [-0.25, -0.2) is 14.3 Å². The predicted molar refractivity (Wildman–Crippen MR) is 107 cm³/mol. The zero-order valence-corrected chi connectivity index (χ0v) is 17.4. The maximum atomic E-state index is 12.9. The van der Waals surface area contributed by atoms with Crippen molar-refractivity contribution < 1.29 is 22.8 Å². The number of nitrogens with one attached hydrogen (secondary N) is 1. The third-order valence-electron chi connectivity index (χ3n) is 4.95. The van der Waals surface area contributed by atoms with E-state index >= 15 is 0 Å². The van der Waals surface area contributed by atoms with Crippen LogP contribution in [0.15, 0.2) is 36.7 Å². The lowest BCUT2D eigenvalue weighted by Gasteiger charge is -2.19. The molecule has 3 aromatic rings. The number of halogens is 4. The zero-order chi connectivity index (χ0) is 23.0. The molecular formula is C19H17ClF3N7O2. The van der Waals surface area contributed by atoms with Gasteiger partial charge in [0.2, 0.25) is 5.82 Å². The van der Waals surface area contributed by atoms with Crippen molar-refractivity contribution in [3.8, 4) is 0 Å². The number of nitrogens with zero attached hydrogens (tertiary/aromatic N) is 6. The molecule has 2 amide bonds. The topological polar surface area (TPSA) is 97.9 Å². The van der Waals surface area contributed by atoms with Crippen molar-refractivity contribution >= 4 is 29.2 Å². The summed E-state index contributed by atoms with van der Waals surface area (Å²) in [5.74, 6) is -1.35. The average Bonchev–Trinajstić information content (AvgIpc) is 3.36. The van der Waals surface area contributed by atoms with Crippen molar-refractivity contribution in [2.24, 2.45) is 0 Å². The lowest BCUT2D eigenvalue weighted by atomic mass is 10.2. The molecule has 1 aromatic carbocycles. The van der Waals surface area contributed by atoms with Gasteiger partial charge in [0.1, 0.15) is 18.2 Å². The van der Waals surface area contributed by atoms with E-state index in [1.807, 2.05) is 12.1 Å². The zero-order valence-electron chi connectivity index (χ0n) is 16.7. The highest BCUT2D eigenvalue weighted by Crippen LogP contribution is 2.32. The van der Waals surface area contributed by atoms with Crippen molar-refractivity contribution in [1.29, 1.82) is 0 Å². The summed E-state index contributed by atoms with van der Waals surface area (Å²) in [6.07, 6.45) is -3.17. The van der Waals surface area contributed by atoms with Gasteiger partial charge in [-0.2, -0.15) is 18.3 Å². The summed E-state index contributed by atoms with van der Waals surface area (Å²) >= 11 is 5.86. The SMILES string of the molecule is CN1C(=O)C(NC(=O)c2ncn(Cc3ccc(Cl)cc3)n2)CCn2nc(C(F)(F)F)cc21. The molecule has 0 saturated heterocycles. The van der Waals surface area contributed by atoms with Crippen molar-refractivity contribution in [3.05, 3.63) is 58.8 Å². The fourth-order valence-electron chi connectivity index (χ4n) is 3.31. The van der Waals surface area contributed by atoms with Crippen LogP contribution in [-0.4, -0.2) is 49.4 Å². The minimum atomic E-state index is -4.62. The molecule has 0 aliphatic carbocycles. The molecule has 1 aliphatic heterocycles. The second kappa shape index (κ2) is 8.26. The van der Waals surface area contributed by atoms with E-state index in [-0.39, 0.29) is 24.6 Å². The van der Waals surface area contributed by atoms with E-state index in [1.165, 1.54) is 18.1 Å². The molecule has 3 heterocycles. The van der Waals surface area contributed by atoms with Crippen molar-refractivity contribution in [1.82, 2.24) is 29.9 Å². The number of amides is 2. The number of anilines is 1. The monoisotopic (exact) mass is 467 g/mol. The smallest absolute Gasteiger partial charge is 0.337 e. The Hall–Kier alpha value is -3.41. The van der Waals surface area contributed by atoms with E-state index in [4.69, 9.17) is 11.6 Å². The average molecular weight is 468 g/mol. The lowest BCUT2D eigenvalue weighted by Crippen LogP contribution is -2.47. The van der Waals surface area contributed by atoms with Gasteiger partial charge in [0.15, 0.2) is 5.69 Å². The van der Waals surface area contributed by atoms with E-state index in [9.17, 15) is 22.8 Å².